The molecule has 1 aromatic heterocycles. The zero-order chi connectivity index (χ0) is 13.7. The molecule has 0 fully saturated rings. The van der Waals surface area contributed by atoms with Crippen molar-refractivity contribution < 1.29 is 4.74 Å². The lowest BCUT2D eigenvalue weighted by molar-refractivity contribution is 0.298. The van der Waals surface area contributed by atoms with Gasteiger partial charge in [-0.2, -0.15) is 5.10 Å². The Labute approximate surface area is 118 Å². The molecule has 100 valence electrons. The maximum absolute atomic E-state index is 5.72. The van der Waals surface area contributed by atoms with Gasteiger partial charge in [0, 0.05) is 19.2 Å². The Balaban J connectivity index is 1.84. The highest BCUT2D eigenvalue weighted by Crippen LogP contribution is 2.17. The molecule has 0 aliphatic heterocycles. The van der Waals surface area contributed by atoms with Crippen LogP contribution in [0.25, 0.3) is 0 Å². The maximum Gasteiger partial charge on any atom is 0.129 e. The molecule has 1 heterocycles. The van der Waals surface area contributed by atoms with Crippen LogP contribution in [0.2, 0.25) is 0 Å². The highest BCUT2D eigenvalue weighted by atomic mass is 32.1. The number of aryl methyl sites for hydroxylation is 2. The number of benzene rings is 1. The van der Waals surface area contributed by atoms with Gasteiger partial charge in [-0.05, 0) is 25.1 Å². The van der Waals surface area contributed by atoms with Crippen molar-refractivity contribution in [2.75, 3.05) is 6.61 Å². The van der Waals surface area contributed by atoms with Gasteiger partial charge >= 0.3 is 0 Å². The SMILES string of the molecule is Cc1ccn(CCCOc2ccccc2C(N)=S)n1. The molecule has 0 bridgehead atoms. The van der Waals surface area contributed by atoms with Crippen molar-refractivity contribution in [3.8, 4) is 5.75 Å². The van der Waals surface area contributed by atoms with Crippen molar-refractivity contribution in [3.63, 3.8) is 0 Å². The van der Waals surface area contributed by atoms with Gasteiger partial charge in [0.05, 0.1) is 17.9 Å². The van der Waals surface area contributed by atoms with Crippen LogP contribution in [0.5, 0.6) is 5.75 Å². The van der Waals surface area contributed by atoms with E-state index in [9.17, 15) is 0 Å². The van der Waals surface area contributed by atoms with Gasteiger partial charge in [0.15, 0.2) is 0 Å². The van der Waals surface area contributed by atoms with Crippen molar-refractivity contribution in [1.29, 1.82) is 0 Å². The van der Waals surface area contributed by atoms with Crippen LogP contribution >= 0.6 is 12.2 Å². The zero-order valence-electron chi connectivity index (χ0n) is 10.9. The van der Waals surface area contributed by atoms with E-state index in [-0.39, 0.29) is 0 Å². The molecule has 4 nitrogen and oxygen atoms in total. The lowest BCUT2D eigenvalue weighted by atomic mass is 10.2. The first-order valence-electron chi connectivity index (χ1n) is 6.18. The van der Waals surface area contributed by atoms with Crippen molar-refractivity contribution in [3.05, 3.63) is 47.8 Å². The van der Waals surface area contributed by atoms with E-state index in [0.717, 1.165) is 30.0 Å². The topological polar surface area (TPSA) is 53.1 Å². The Morgan fingerprint density at radius 3 is 2.84 bits per heavy atom. The number of hydrogen-bond acceptors (Lipinski definition) is 3. The molecule has 0 saturated carbocycles. The van der Waals surface area contributed by atoms with E-state index in [1.165, 1.54) is 0 Å². The number of nitrogens with zero attached hydrogens (tertiary/aromatic N) is 2. The Bertz CT molecular complexity index is 565. The fraction of sp³-hybridized carbons (Fsp3) is 0.286. The minimum Gasteiger partial charge on any atom is -0.493 e. The summed E-state index contributed by atoms with van der Waals surface area (Å²) in [4.78, 5) is 0.360. The summed E-state index contributed by atoms with van der Waals surface area (Å²) in [5.41, 5.74) is 7.46. The summed E-state index contributed by atoms with van der Waals surface area (Å²) in [7, 11) is 0. The van der Waals surface area contributed by atoms with Gasteiger partial charge < -0.3 is 10.5 Å². The second-order valence-corrected chi connectivity index (χ2v) is 4.72. The number of para-hydroxylation sites is 1. The lowest BCUT2D eigenvalue weighted by Gasteiger charge is -2.10. The molecular weight excluding hydrogens is 258 g/mol. The molecule has 5 heteroatoms. The van der Waals surface area contributed by atoms with E-state index in [4.69, 9.17) is 22.7 Å². The molecule has 0 atom stereocenters. The van der Waals surface area contributed by atoms with Crippen LogP contribution in [0.1, 0.15) is 17.7 Å². The second-order valence-electron chi connectivity index (χ2n) is 4.28. The Hall–Kier alpha value is -1.88. The van der Waals surface area contributed by atoms with Crippen molar-refractivity contribution in [1.82, 2.24) is 9.78 Å². The summed E-state index contributed by atoms with van der Waals surface area (Å²) in [5.74, 6) is 0.742. The van der Waals surface area contributed by atoms with Crippen LogP contribution in [0.15, 0.2) is 36.5 Å². The third-order valence-corrected chi connectivity index (χ3v) is 2.94. The first kappa shape index (κ1) is 13.5. The first-order chi connectivity index (χ1) is 9.16. The molecule has 1 aromatic carbocycles. The van der Waals surface area contributed by atoms with Gasteiger partial charge in [0.2, 0.25) is 0 Å². The summed E-state index contributed by atoms with van der Waals surface area (Å²) in [6.07, 6.45) is 2.85. The Morgan fingerprint density at radius 1 is 1.37 bits per heavy atom. The van der Waals surface area contributed by atoms with Gasteiger partial charge in [0.1, 0.15) is 10.7 Å². The number of rotatable bonds is 6. The molecule has 0 saturated heterocycles. The standard InChI is InChI=1S/C14H17N3OS/c1-11-7-9-17(16-11)8-4-10-18-13-6-3-2-5-12(13)14(15)19/h2-3,5-7,9H,4,8,10H2,1H3,(H2,15,19). The number of hydrogen-bond donors (Lipinski definition) is 1. The molecule has 2 rings (SSSR count). The average molecular weight is 275 g/mol. The van der Waals surface area contributed by atoms with Crippen LogP contribution in [0.4, 0.5) is 0 Å². The number of thiocarbonyl (C=S) groups is 1. The Kier molecular flexibility index (Phi) is 4.52. The van der Waals surface area contributed by atoms with Gasteiger partial charge in [-0.15, -0.1) is 0 Å². The molecule has 0 unspecified atom stereocenters. The third kappa shape index (κ3) is 3.79. The fourth-order valence-electron chi connectivity index (χ4n) is 1.79. The smallest absolute Gasteiger partial charge is 0.129 e. The molecule has 0 radical (unpaired) electrons. The molecule has 0 aliphatic carbocycles. The van der Waals surface area contributed by atoms with Crippen molar-refractivity contribution in [2.24, 2.45) is 5.73 Å². The summed E-state index contributed by atoms with van der Waals surface area (Å²) in [5, 5.41) is 4.32. The maximum atomic E-state index is 5.72. The Morgan fingerprint density at radius 2 is 2.16 bits per heavy atom. The average Bonchev–Trinajstić information content (AvgIpc) is 2.81. The molecule has 0 aliphatic rings. The van der Waals surface area contributed by atoms with E-state index in [0.29, 0.717) is 11.6 Å². The molecule has 2 aromatic rings. The van der Waals surface area contributed by atoms with Gasteiger partial charge in [-0.1, -0.05) is 24.4 Å². The second kappa shape index (κ2) is 6.33. The van der Waals surface area contributed by atoms with Crippen molar-refractivity contribution in [2.45, 2.75) is 19.9 Å². The molecule has 2 N–H and O–H groups in total. The van der Waals surface area contributed by atoms with Gasteiger partial charge in [0.25, 0.3) is 0 Å². The van der Waals surface area contributed by atoms with Crippen LogP contribution in [-0.2, 0) is 6.54 Å². The van der Waals surface area contributed by atoms with E-state index >= 15 is 0 Å². The van der Waals surface area contributed by atoms with Crippen LogP contribution < -0.4 is 10.5 Å². The minimum atomic E-state index is 0.360. The predicted octanol–water partition coefficient (Wildman–Crippen LogP) is 2.29. The summed E-state index contributed by atoms with van der Waals surface area (Å²) >= 11 is 4.99. The molecule has 19 heavy (non-hydrogen) atoms. The lowest BCUT2D eigenvalue weighted by Crippen LogP contribution is -2.12. The number of aromatic nitrogens is 2. The van der Waals surface area contributed by atoms with E-state index in [1.807, 2.05) is 48.1 Å². The summed E-state index contributed by atoms with van der Waals surface area (Å²) < 4.78 is 7.63. The van der Waals surface area contributed by atoms with Crippen LogP contribution in [-0.4, -0.2) is 21.4 Å². The molecular formula is C14H17N3OS. The zero-order valence-corrected chi connectivity index (χ0v) is 11.7. The quantitative estimate of drug-likeness (QED) is 0.649. The monoisotopic (exact) mass is 275 g/mol. The van der Waals surface area contributed by atoms with Crippen molar-refractivity contribution >= 4 is 17.2 Å². The van der Waals surface area contributed by atoms with E-state index in [2.05, 4.69) is 5.10 Å². The highest BCUT2D eigenvalue weighted by Gasteiger charge is 2.04. The number of nitrogens with two attached hydrogens (primary N) is 1. The van der Waals surface area contributed by atoms with Crippen LogP contribution in [0, 0.1) is 6.92 Å². The first-order valence-corrected chi connectivity index (χ1v) is 6.59. The van der Waals surface area contributed by atoms with Gasteiger partial charge in [-0.3, -0.25) is 4.68 Å². The highest BCUT2D eigenvalue weighted by molar-refractivity contribution is 7.80. The van der Waals surface area contributed by atoms with Gasteiger partial charge in [-0.25, -0.2) is 0 Å². The minimum absolute atomic E-state index is 0.360. The largest absolute Gasteiger partial charge is 0.493 e. The van der Waals surface area contributed by atoms with E-state index in [1.54, 1.807) is 0 Å². The fourth-order valence-corrected chi connectivity index (χ4v) is 1.96. The molecule has 0 spiro atoms. The molecule has 0 amide bonds. The third-order valence-electron chi connectivity index (χ3n) is 2.72. The summed E-state index contributed by atoms with van der Waals surface area (Å²) in [6, 6.07) is 9.55. The predicted molar refractivity (Wildman–Crippen MR) is 79.4 cm³/mol. The van der Waals surface area contributed by atoms with Crippen LogP contribution in [0.3, 0.4) is 0 Å². The summed E-state index contributed by atoms with van der Waals surface area (Å²) in [6.45, 7) is 3.42. The number of ether oxygens (including phenoxy) is 1. The normalized spacial score (nSPS) is 10.4. The van der Waals surface area contributed by atoms with E-state index < -0.39 is 0 Å².